The lowest BCUT2D eigenvalue weighted by molar-refractivity contribution is -0.120. The van der Waals surface area contributed by atoms with Crippen LogP contribution in [0.2, 0.25) is 15.5 Å². The molecule has 0 saturated heterocycles. The molecule has 0 bridgehead atoms. The van der Waals surface area contributed by atoms with Crippen molar-refractivity contribution < 1.29 is 41.5 Å². The van der Waals surface area contributed by atoms with Gasteiger partial charge in [-0.05, 0) is 105 Å². The van der Waals surface area contributed by atoms with Gasteiger partial charge < -0.3 is 66.7 Å². The first-order chi connectivity index (χ1) is 48.1. The summed E-state index contributed by atoms with van der Waals surface area (Å²) in [6.45, 7) is 6.99. The van der Waals surface area contributed by atoms with E-state index in [0.717, 1.165) is 62.7 Å². The molecule has 10 aromatic rings. The number of benzene rings is 3. The van der Waals surface area contributed by atoms with Crippen molar-refractivity contribution in [1.82, 2.24) is 34.9 Å². The van der Waals surface area contributed by atoms with Crippen molar-refractivity contribution in [3.8, 4) is 18.2 Å². The van der Waals surface area contributed by atoms with Crippen molar-refractivity contribution in [2.45, 2.75) is 77.5 Å². The summed E-state index contributed by atoms with van der Waals surface area (Å²) in [5.41, 5.74) is 40.8. The minimum atomic E-state index is -0.846. The molecule has 10 rings (SSSR count). The van der Waals surface area contributed by atoms with Gasteiger partial charge in [0.05, 0.1) is 44.8 Å². The number of amides is 5. The van der Waals surface area contributed by atoms with Crippen LogP contribution < -0.4 is 66.7 Å². The van der Waals surface area contributed by atoms with Gasteiger partial charge in [0.25, 0.3) is 5.91 Å². The van der Waals surface area contributed by atoms with Crippen LogP contribution in [0, 0.1) is 57.3 Å². The molecule has 0 spiro atoms. The molecular formula is C67H65Cl3F4N22O5. The number of nitrogen functional groups attached to an aromatic ring is 1. The normalized spacial score (nSPS) is 11.4. The maximum Gasteiger partial charge on any atom is 0.252 e. The number of anilines is 8. The predicted molar refractivity (Wildman–Crippen MR) is 379 cm³/mol. The molecule has 7 aromatic heterocycles. The number of carbonyl (C=O) groups excluding carboxylic acids is 5. The Bertz CT molecular complexity index is 4780. The zero-order valence-electron chi connectivity index (χ0n) is 54.0. The molecule has 522 valence electrons. The Hall–Kier alpha value is -12.3. The van der Waals surface area contributed by atoms with Crippen LogP contribution in [0.1, 0.15) is 80.4 Å². The van der Waals surface area contributed by atoms with E-state index >= 15 is 0 Å². The highest BCUT2D eigenvalue weighted by Gasteiger charge is 2.23. The minimum Gasteiger partial charge on any atom is -0.399 e. The van der Waals surface area contributed by atoms with Crippen LogP contribution >= 0.6 is 34.8 Å². The lowest BCUT2D eigenvalue weighted by Gasteiger charge is -2.17. The quantitative estimate of drug-likeness (QED) is 0.0203. The maximum absolute atomic E-state index is 14.4. The second-order valence-electron chi connectivity index (χ2n) is 20.9. The highest BCUT2D eigenvalue weighted by atomic mass is 35.5. The molecule has 0 unspecified atom stereocenters. The van der Waals surface area contributed by atoms with Gasteiger partial charge in [-0.1, -0.05) is 98.9 Å². The Morgan fingerprint density at radius 3 is 1.22 bits per heavy atom. The van der Waals surface area contributed by atoms with E-state index in [2.05, 4.69) is 61.5 Å². The fraction of sp³-hybridized carbons (Fsp3) is 0.179. The first kappa shape index (κ1) is 79.3. The van der Waals surface area contributed by atoms with Crippen LogP contribution in [0.15, 0.2) is 134 Å². The highest BCUT2D eigenvalue weighted by Crippen LogP contribution is 2.29. The van der Waals surface area contributed by atoms with E-state index in [9.17, 15) is 46.8 Å². The summed E-state index contributed by atoms with van der Waals surface area (Å²) in [5, 5.41) is 42.6. The van der Waals surface area contributed by atoms with Gasteiger partial charge in [-0.15, -0.1) is 0 Å². The van der Waals surface area contributed by atoms with Gasteiger partial charge in [0, 0.05) is 51.8 Å². The lowest BCUT2D eigenvalue weighted by atomic mass is 10.1. The fourth-order valence-electron chi connectivity index (χ4n) is 8.28. The van der Waals surface area contributed by atoms with Gasteiger partial charge in [-0.3, -0.25) is 38.9 Å². The number of primary amides is 5. The number of hydrogen-bond acceptors (Lipinski definition) is 22. The molecule has 0 aliphatic carbocycles. The van der Waals surface area contributed by atoms with Crippen LogP contribution in [0.5, 0.6) is 0 Å². The van der Waals surface area contributed by atoms with E-state index in [1.165, 1.54) is 0 Å². The predicted octanol–water partition coefficient (Wildman–Crippen LogP) is 10.2. The van der Waals surface area contributed by atoms with Gasteiger partial charge in [-0.2, -0.15) is 15.8 Å². The number of rotatable bonds is 19. The molecule has 0 aliphatic heterocycles. The summed E-state index contributed by atoms with van der Waals surface area (Å²) in [4.78, 5) is 83.6. The van der Waals surface area contributed by atoms with E-state index in [-0.39, 0.29) is 66.8 Å². The number of nitrogens with zero attached hydrogens (tertiary/aromatic N) is 10. The number of nitrogens with two attached hydrogens (primary N) is 7. The van der Waals surface area contributed by atoms with E-state index in [4.69, 9.17) is 85.5 Å². The number of halogens is 7. The third kappa shape index (κ3) is 23.4. The molecule has 27 nitrogen and oxygen atoms in total. The molecule has 101 heavy (non-hydrogen) atoms. The molecule has 34 heteroatoms. The van der Waals surface area contributed by atoms with Crippen molar-refractivity contribution in [1.29, 1.82) is 15.8 Å². The van der Waals surface area contributed by atoms with Crippen LogP contribution in [0.3, 0.4) is 0 Å². The summed E-state index contributed by atoms with van der Waals surface area (Å²) >= 11 is 16.3. The summed E-state index contributed by atoms with van der Waals surface area (Å²) < 4.78 is 54.7. The van der Waals surface area contributed by atoms with Gasteiger partial charge in [0.2, 0.25) is 23.6 Å². The van der Waals surface area contributed by atoms with Gasteiger partial charge in [0.1, 0.15) is 52.5 Å². The van der Waals surface area contributed by atoms with E-state index in [0.29, 0.717) is 37.1 Å². The van der Waals surface area contributed by atoms with Crippen LogP contribution in [-0.4, -0.2) is 88.6 Å². The maximum atomic E-state index is 14.4. The van der Waals surface area contributed by atoms with Crippen molar-refractivity contribution in [3.05, 3.63) is 195 Å². The average molecular weight is 1440 g/mol. The molecule has 4 atom stereocenters. The van der Waals surface area contributed by atoms with Crippen molar-refractivity contribution in [2.75, 3.05) is 32.3 Å². The van der Waals surface area contributed by atoms with Gasteiger partial charge in [0.15, 0.2) is 51.7 Å². The Labute approximate surface area is 589 Å². The second kappa shape index (κ2) is 38.6. The smallest absolute Gasteiger partial charge is 0.252 e. The Morgan fingerprint density at radius 2 is 0.822 bits per heavy atom. The monoisotopic (exact) mass is 1440 g/mol. The number of nitrogens with one attached hydrogen (secondary N) is 5. The van der Waals surface area contributed by atoms with Crippen molar-refractivity contribution >= 4 is 143 Å². The number of fused-ring (bicyclic) bond motifs is 3. The fourth-order valence-corrected chi connectivity index (χ4v) is 8.82. The van der Waals surface area contributed by atoms with E-state index in [1.807, 2.05) is 85.8 Å². The third-order valence-corrected chi connectivity index (χ3v) is 14.6. The van der Waals surface area contributed by atoms with Crippen LogP contribution in [0.25, 0.3) is 32.7 Å². The molecule has 0 radical (unpaired) electrons. The highest BCUT2D eigenvalue weighted by molar-refractivity contribution is 6.33. The summed E-state index contributed by atoms with van der Waals surface area (Å²) in [6.07, 6.45) is 6.82. The zero-order valence-corrected chi connectivity index (χ0v) is 56.3. The standard InChI is InChI=1S/C19H19FN6O2.C19H17FN6O.C10H10ClFN4O.C9H8N2.C6HCl2FN2.C4H10N2O/c1-2-14(17(22)28)25-19-13(20)9-12(16(21)27)18(26-19)24-11-6-5-10-4-3-7-23-15(10)8-11;1-2-15(17(22)27)25-19-14(20)8-12(10-21)18(26-19)24-13-6-5-11-4-3-7-23-16(11)9-13;1-2-7(9(14)17)15-10-6(12)3-5(4-13)8(11)16-10;10-8-4-3-7-2-1-5-11-9(7)6-8;7-5-3(2-10)1-4(9)6(8)11-5;1-2-3(5)4(6)7/h3-9,14H,2H2,1H3,(H2,21,27)(H2,22,28)(H2,24,25,26);3-9,15H,2H2,1H3,(H2,22,27)(H2,24,25,26);3,7H,2H2,1H3,(H2,14,17)(H,15,16);1-6H,10H2;1H;3H,2,5H2,1H3,(H2,6,7)/t14-;15-;7-;;;3-/m111..1/s1. The minimum absolute atomic E-state index is 0.0198. The SMILES string of the molecule is CC[C@@H](N)C(N)=O.CC[C@@H](Nc1nc(Cl)c(C#N)cc1F)C(N)=O.CC[C@@H](Nc1nc(Nc2ccc3cccnc3c2)c(C#N)cc1F)C(N)=O.CC[C@@H](Nc1nc(Nc2ccc3cccnc3c2)c(C(N)=O)cc1F)C(N)=O.N#Cc1cc(F)c(Cl)nc1Cl.Nc1ccc2cccnc2c1. The number of hydrogen-bond donors (Lipinski definition) is 12. The molecule has 0 fully saturated rings. The third-order valence-electron chi connectivity index (χ3n) is 13.8. The number of carbonyl (C=O) groups is 5. The summed E-state index contributed by atoms with van der Waals surface area (Å²) in [6, 6.07) is 34.4. The van der Waals surface area contributed by atoms with Gasteiger partial charge >= 0.3 is 0 Å². The number of aromatic nitrogens is 7. The average Bonchev–Trinajstić information content (AvgIpc) is 0.814. The van der Waals surface area contributed by atoms with Crippen LogP contribution in [0.4, 0.5) is 63.7 Å². The van der Waals surface area contributed by atoms with Crippen molar-refractivity contribution in [2.24, 2.45) is 34.4 Å². The molecule has 3 aromatic carbocycles. The molecule has 5 amide bonds. The van der Waals surface area contributed by atoms with E-state index in [1.54, 1.807) is 69.7 Å². The first-order valence-electron chi connectivity index (χ1n) is 29.9. The Morgan fingerprint density at radius 1 is 0.446 bits per heavy atom. The Balaban J connectivity index is 0.000000232. The summed E-state index contributed by atoms with van der Waals surface area (Å²) in [7, 11) is 0. The summed E-state index contributed by atoms with van der Waals surface area (Å²) in [5.74, 6) is -6.55. The molecular weight excluding hydrogens is 1380 g/mol. The molecule has 0 saturated carbocycles. The number of nitriles is 3. The second-order valence-corrected chi connectivity index (χ2v) is 21.9. The van der Waals surface area contributed by atoms with Gasteiger partial charge in [-0.25, -0.2) is 37.5 Å². The number of pyridine rings is 7. The zero-order chi connectivity index (χ0) is 74.6. The lowest BCUT2D eigenvalue weighted by Crippen LogP contribution is -2.35. The Kier molecular flexibility index (Phi) is 30.3. The molecule has 0 aliphatic rings. The van der Waals surface area contributed by atoms with E-state index < -0.39 is 77.0 Å². The molecule has 19 N–H and O–H groups in total. The topological polar surface area (TPSA) is 489 Å². The largest absolute Gasteiger partial charge is 0.399 e. The van der Waals surface area contributed by atoms with Crippen molar-refractivity contribution in [3.63, 3.8) is 0 Å². The van der Waals surface area contributed by atoms with Crippen LogP contribution in [-0.2, 0) is 19.2 Å². The molecule has 7 heterocycles. The first-order valence-corrected chi connectivity index (χ1v) is 31.1.